The summed E-state index contributed by atoms with van der Waals surface area (Å²) in [5.74, 6) is 0. The van der Waals surface area contributed by atoms with E-state index in [0.717, 1.165) is 15.7 Å². The normalized spacial score (nSPS) is 10.4. The van der Waals surface area contributed by atoms with Crippen molar-refractivity contribution in [2.75, 3.05) is 5.73 Å². The highest BCUT2D eigenvalue weighted by atomic mass is 79.9. The number of halogens is 1. The van der Waals surface area contributed by atoms with Gasteiger partial charge in [0.05, 0.1) is 6.54 Å². The van der Waals surface area contributed by atoms with E-state index in [0.29, 0.717) is 6.54 Å². The summed E-state index contributed by atoms with van der Waals surface area (Å²) < 4.78 is 2.75. The summed E-state index contributed by atoms with van der Waals surface area (Å²) in [5, 5.41) is 4.03. The molecule has 14 heavy (non-hydrogen) atoms. The first-order chi connectivity index (χ1) is 6.75. The number of nitrogens with two attached hydrogens (primary N) is 1. The highest BCUT2D eigenvalue weighted by Gasteiger charge is 2.01. The summed E-state index contributed by atoms with van der Waals surface area (Å²) in [6, 6.07) is 5.73. The molecular formula is C9H9BrN4. The van der Waals surface area contributed by atoms with Gasteiger partial charge in [-0.05, 0) is 17.7 Å². The molecule has 0 aliphatic rings. The number of nitrogens with zero attached hydrogens (tertiary/aromatic N) is 3. The molecule has 0 spiro atoms. The Labute approximate surface area is 89.9 Å². The van der Waals surface area contributed by atoms with Crippen molar-refractivity contribution in [3.63, 3.8) is 0 Å². The second-order valence-electron chi connectivity index (χ2n) is 2.94. The number of aromatic nitrogens is 3. The molecule has 2 rings (SSSR count). The summed E-state index contributed by atoms with van der Waals surface area (Å²) >= 11 is 3.45. The van der Waals surface area contributed by atoms with E-state index in [-0.39, 0.29) is 0 Å². The van der Waals surface area contributed by atoms with Gasteiger partial charge >= 0.3 is 0 Å². The first-order valence-corrected chi connectivity index (χ1v) is 4.91. The van der Waals surface area contributed by atoms with Crippen molar-refractivity contribution >= 4 is 21.6 Å². The topological polar surface area (TPSA) is 56.7 Å². The minimum Gasteiger partial charge on any atom is -0.399 e. The van der Waals surface area contributed by atoms with Crippen LogP contribution in [-0.2, 0) is 6.54 Å². The van der Waals surface area contributed by atoms with E-state index >= 15 is 0 Å². The zero-order valence-electron chi connectivity index (χ0n) is 7.39. The van der Waals surface area contributed by atoms with Crippen LogP contribution in [0.2, 0.25) is 0 Å². The van der Waals surface area contributed by atoms with Gasteiger partial charge in [0.25, 0.3) is 0 Å². The fourth-order valence-electron chi connectivity index (χ4n) is 1.18. The molecule has 0 radical (unpaired) electrons. The highest BCUT2D eigenvalue weighted by Crippen LogP contribution is 2.20. The van der Waals surface area contributed by atoms with E-state index in [1.165, 1.54) is 6.33 Å². The van der Waals surface area contributed by atoms with E-state index < -0.39 is 0 Å². The lowest BCUT2D eigenvalue weighted by Crippen LogP contribution is -2.01. The quantitative estimate of drug-likeness (QED) is 0.828. The second kappa shape index (κ2) is 3.79. The number of hydrogen-bond donors (Lipinski definition) is 1. The molecule has 0 saturated carbocycles. The molecule has 0 saturated heterocycles. The number of nitrogen functional groups attached to an aromatic ring is 1. The lowest BCUT2D eigenvalue weighted by atomic mass is 10.2. The van der Waals surface area contributed by atoms with Gasteiger partial charge in [-0.1, -0.05) is 22.0 Å². The Hall–Kier alpha value is -1.36. The van der Waals surface area contributed by atoms with Crippen molar-refractivity contribution in [1.82, 2.24) is 14.8 Å². The number of hydrogen-bond acceptors (Lipinski definition) is 3. The number of anilines is 1. The Morgan fingerprint density at radius 2 is 2.29 bits per heavy atom. The Balaban J connectivity index is 2.25. The van der Waals surface area contributed by atoms with Crippen LogP contribution in [0.15, 0.2) is 35.3 Å². The smallest absolute Gasteiger partial charge is 0.137 e. The van der Waals surface area contributed by atoms with Gasteiger partial charge in [0.15, 0.2) is 0 Å². The van der Waals surface area contributed by atoms with E-state index in [1.54, 1.807) is 11.0 Å². The minimum absolute atomic E-state index is 0.695. The molecule has 0 fully saturated rings. The van der Waals surface area contributed by atoms with Gasteiger partial charge < -0.3 is 5.73 Å². The van der Waals surface area contributed by atoms with Crippen LogP contribution in [0.5, 0.6) is 0 Å². The van der Waals surface area contributed by atoms with Crippen molar-refractivity contribution in [1.29, 1.82) is 0 Å². The Morgan fingerprint density at radius 3 is 2.93 bits per heavy atom. The maximum atomic E-state index is 5.64. The van der Waals surface area contributed by atoms with Crippen LogP contribution in [0, 0.1) is 0 Å². The van der Waals surface area contributed by atoms with E-state index in [2.05, 4.69) is 26.0 Å². The van der Waals surface area contributed by atoms with Gasteiger partial charge in [-0.2, -0.15) is 5.10 Å². The second-order valence-corrected chi connectivity index (χ2v) is 3.80. The fraction of sp³-hybridized carbons (Fsp3) is 0.111. The monoisotopic (exact) mass is 252 g/mol. The molecule has 0 atom stereocenters. The molecule has 1 heterocycles. The van der Waals surface area contributed by atoms with Crippen LogP contribution >= 0.6 is 15.9 Å². The average molecular weight is 253 g/mol. The van der Waals surface area contributed by atoms with Gasteiger partial charge in [0.2, 0.25) is 0 Å². The largest absolute Gasteiger partial charge is 0.399 e. The molecule has 72 valence electrons. The van der Waals surface area contributed by atoms with Gasteiger partial charge in [-0.15, -0.1) is 0 Å². The lowest BCUT2D eigenvalue weighted by Gasteiger charge is -2.04. The van der Waals surface area contributed by atoms with E-state index in [4.69, 9.17) is 5.73 Å². The van der Waals surface area contributed by atoms with Gasteiger partial charge in [0.1, 0.15) is 12.7 Å². The van der Waals surface area contributed by atoms with Crippen LogP contribution in [0.3, 0.4) is 0 Å². The molecule has 0 amide bonds. The Morgan fingerprint density at radius 1 is 1.43 bits per heavy atom. The third-order valence-electron chi connectivity index (χ3n) is 1.88. The third-order valence-corrected chi connectivity index (χ3v) is 2.61. The summed E-state index contributed by atoms with van der Waals surface area (Å²) in [5.41, 5.74) is 7.51. The average Bonchev–Trinajstić information content (AvgIpc) is 2.62. The van der Waals surface area contributed by atoms with Crippen LogP contribution < -0.4 is 5.73 Å². The molecule has 0 aliphatic carbocycles. The maximum absolute atomic E-state index is 5.64. The molecule has 4 nitrogen and oxygen atoms in total. The fourth-order valence-corrected chi connectivity index (χ4v) is 1.70. The predicted molar refractivity (Wildman–Crippen MR) is 57.7 cm³/mol. The molecule has 0 bridgehead atoms. The van der Waals surface area contributed by atoms with E-state index in [1.807, 2.05) is 18.2 Å². The van der Waals surface area contributed by atoms with Crippen LogP contribution in [0.25, 0.3) is 0 Å². The molecule has 0 unspecified atom stereocenters. The van der Waals surface area contributed by atoms with Crippen molar-refractivity contribution in [2.24, 2.45) is 0 Å². The van der Waals surface area contributed by atoms with Crippen LogP contribution in [0.1, 0.15) is 5.56 Å². The molecule has 5 heteroatoms. The molecule has 1 aromatic heterocycles. The molecule has 2 aromatic rings. The number of benzene rings is 1. The number of rotatable bonds is 2. The first kappa shape index (κ1) is 9.21. The van der Waals surface area contributed by atoms with Gasteiger partial charge in [-0.25, -0.2) is 9.67 Å². The van der Waals surface area contributed by atoms with Crippen LogP contribution in [0.4, 0.5) is 5.69 Å². The maximum Gasteiger partial charge on any atom is 0.137 e. The van der Waals surface area contributed by atoms with Crippen LogP contribution in [-0.4, -0.2) is 14.8 Å². The minimum atomic E-state index is 0.695. The third kappa shape index (κ3) is 1.93. The van der Waals surface area contributed by atoms with Gasteiger partial charge in [0, 0.05) is 10.2 Å². The van der Waals surface area contributed by atoms with Crippen molar-refractivity contribution in [3.8, 4) is 0 Å². The van der Waals surface area contributed by atoms with Crippen molar-refractivity contribution in [3.05, 3.63) is 40.9 Å². The predicted octanol–water partition coefficient (Wildman–Crippen LogP) is 1.67. The zero-order valence-corrected chi connectivity index (χ0v) is 8.98. The molecule has 2 N–H and O–H groups in total. The molecule has 1 aromatic carbocycles. The highest BCUT2D eigenvalue weighted by molar-refractivity contribution is 9.10. The molecular weight excluding hydrogens is 244 g/mol. The lowest BCUT2D eigenvalue weighted by molar-refractivity contribution is 0.683. The molecule has 0 aliphatic heterocycles. The zero-order chi connectivity index (χ0) is 9.97. The summed E-state index contributed by atoms with van der Waals surface area (Å²) in [4.78, 5) is 3.88. The first-order valence-electron chi connectivity index (χ1n) is 4.12. The Kier molecular flexibility index (Phi) is 2.49. The summed E-state index contributed by atoms with van der Waals surface area (Å²) in [6.45, 7) is 0.695. The summed E-state index contributed by atoms with van der Waals surface area (Å²) in [7, 11) is 0. The Bertz CT molecular complexity index is 424. The van der Waals surface area contributed by atoms with Crippen molar-refractivity contribution < 1.29 is 0 Å². The van der Waals surface area contributed by atoms with Gasteiger partial charge in [-0.3, -0.25) is 0 Å². The van der Waals surface area contributed by atoms with E-state index in [9.17, 15) is 0 Å². The summed E-state index contributed by atoms with van der Waals surface area (Å²) in [6.07, 6.45) is 3.20. The van der Waals surface area contributed by atoms with Crippen molar-refractivity contribution in [2.45, 2.75) is 6.54 Å². The SMILES string of the molecule is Nc1ccc(Cn2cncn2)c(Br)c1. The standard InChI is InChI=1S/C9H9BrN4/c10-9-3-8(11)2-1-7(9)4-14-6-12-5-13-14/h1-3,5-6H,4,11H2.